The van der Waals surface area contributed by atoms with E-state index in [0.29, 0.717) is 36.5 Å². The van der Waals surface area contributed by atoms with E-state index in [9.17, 15) is 9.90 Å². The highest BCUT2D eigenvalue weighted by Gasteiger charge is 2.30. The SMILES string of the molecule is COCCOc1cnc(N2CCn3c(C)cc4c(-c5ccc(Cl)cc5)c(CC(=O)O)c(C)c2c43)nc1. The van der Waals surface area contributed by atoms with Crippen molar-refractivity contribution < 1.29 is 19.4 Å². The second-order valence-electron chi connectivity index (χ2n) is 8.82. The van der Waals surface area contributed by atoms with Gasteiger partial charge in [-0.1, -0.05) is 23.7 Å². The van der Waals surface area contributed by atoms with E-state index in [-0.39, 0.29) is 6.42 Å². The van der Waals surface area contributed by atoms with Crippen molar-refractivity contribution in [1.82, 2.24) is 14.5 Å². The fourth-order valence-electron chi connectivity index (χ4n) is 5.01. The van der Waals surface area contributed by atoms with Crippen molar-refractivity contribution in [3.63, 3.8) is 0 Å². The molecular formula is C27H27ClN4O4. The first-order valence-electron chi connectivity index (χ1n) is 11.7. The van der Waals surface area contributed by atoms with Crippen LogP contribution in [0, 0.1) is 13.8 Å². The van der Waals surface area contributed by atoms with Crippen LogP contribution in [0.1, 0.15) is 16.8 Å². The second kappa shape index (κ2) is 9.79. The molecule has 186 valence electrons. The van der Waals surface area contributed by atoms with E-state index < -0.39 is 5.97 Å². The lowest BCUT2D eigenvalue weighted by atomic mass is 9.88. The Morgan fingerprint density at radius 2 is 1.83 bits per heavy atom. The van der Waals surface area contributed by atoms with Crippen LogP contribution >= 0.6 is 11.6 Å². The number of aromatic nitrogens is 3. The number of rotatable bonds is 8. The van der Waals surface area contributed by atoms with Crippen molar-refractivity contribution in [1.29, 1.82) is 0 Å². The topological polar surface area (TPSA) is 89.7 Å². The first-order valence-corrected chi connectivity index (χ1v) is 12.1. The van der Waals surface area contributed by atoms with Gasteiger partial charge in [0.1, 0.15) is 6.61 Å². The number of aryl methyl sites for hydroxylation is 1. The molecule has 1 aliphatic rings. The minimum Gasteiger partial charge on any atom is -0.488 e. The van der Waals surface area contributed by atoms with Crippen molar-refractivity contribution in [3.8, 4) is 16.9 Å². The maximum Gasteiger partial charge on any atom is 0.307 e. The monoisotopic (exact) mass is 506 g/mol. The van der Waals surface area contributed by atoms with Crippen LogP contribution in [0.25, 0.3) is 22.0 Å². The van der Waals surface area contributed by atoms with Gasteiger partial charge in [-0.05, 0) is 54.3 Å². The first-order chi connectivity index (χ1) is 17.4. The molecular weight excluding hydrogens is 480 g/mol. The number of carbonyl (C=O) groups is 1. The Labute approximate surface area is 214 Å². The molecule has 0 fully saturated rings. The van der Waals surface area contributed by atoms with E-state index in [1.807, 2.05) is 31.2 Å². The van der Waals surface area contributed by atoms with Gasteiger partial charge in [-0.15, -0.1) is 0 Å². The summed E-state index contributed by atoms with van der Waals surface area (Å²) in [6.07, 6.45) is 3.21. The number of methoxy groups -OCH3 is 1. The molecule has 3 heterocycles. The largest absolute Gasteiger partial charge is 0.488 e. The van der Waals surface area contributed by atoms with E-state index in [1.54, 1.807) is 19.5 Å². The van der Waals surface area contributed by atoms with E-state index in [1.165, 1.54) is 0 Å². The Morgan fingerprint density at radius 3 is 2.50 bits per heavy atom. The van der Waals surface area contributed by atoms with Gasteiger partial charge in [-0.3, -0.25) is 4.79 Å². The van der Waals surface area contributed by atoms with Crippen LogP contribution in [-0.2, 0) is 22.5 Å². The predicted molar refractivity (Wildman–Crippen MR) is 140 cm³/mol. The third-order valence-electron chi connectivity index (χ3n) is 6.60. The number of anilines is 2. The molecule has 5 rings (SSSR count). The molecule has 0 atom stereocenters. The average molecular weight is 507 g/mol. The molecule has 2 aromatic heterocycles. The summed E-state index contributed by atoms with van der Waals surface area (Å²) in [6, 6.07) is 9.71. The molecule has 1 N–H and O–H groups in total. The second-order valence-corrected chi connectivity index (χ2v) is 9.25. The summed E-state index contributed by atoms with van der Waals surface area (Å²) in [5, 5.41) is 11.5. The quantitative estimate of drug-likeness (QED) is 0.329. The number of hydrogen-bond acceptors (Lipinski definition) is 6. The molecule has 8 nitrogen and oxygen atoms in total. The third kappa shape index (κ3) is 4.27. The molecule has 0 unspecified atom stereocenters. The number of nitrogens with zero attached hydrogens (tertiary/aromatic N) is 4. The standard InChI is InChI=1S/C27H27ClN4O4/c1-16-12-22-24(18-4-6-19(28)7-5-18)21(13-23(33)34)17(2)25-26(22)31(16)8-9-32(25)27-29-14-20(15-30-27)36-11-10-35-3/h4-7,12,14-15H,8-11,13H2,1-3H3,(H,33,34). The lowest BCUT2D eigenvalue weighted by Gasteiger charge is -2.33. The summed E-state index contributed by atoms with van der Waals surface area (Å²) in [6.45, 7) is 6.39. The summed E-state index contributed by atoms with van der Waals surface area (Å²) in [4.78, 5) is 23.2. The van der Waals surface area contributed by atoms with E-state index >= 15 is 0 Å². The van der Waals surface area contributed by atoms with Gasteiger partial charge in [-0.2, -0.15) is 0 Å². The molecule has 4 aromatic rings. The summed E-state index contributed by atoms with van der Waals surface area (Å²) in [7, 11) is 1.62. The van der Waals surface area contributed by atoms with Gasteiger partial charge in [0.25, 0.3) is 0 Å². The summed E-state index contributed by atoms with van der Waals surface area (Å²) >= 11 is 6.16. The highest BCUT2D eigenvalue weighted by molar-refractivity contribution is 6.30. The number of aliphatic carboxylic acids is 1. The van der Waals surface area contributed by atoms with Gasteiger partial charge in [-0.25, -0.2) is 9.97 Å². The fraction of sp³-hybridized carbons (Fsp3) is 0.296. The molecule has 0 saturated carbocycles. The van der Waals surface area contributed by atoms with Crippen molar-refractivity contribution in [2.75, 3.05) is 31.8 Å². The molecule has 2 aromatic carbocycles. The summed E-state index contributed by atoms with van der Waals surface area (Å²) in [5.41, 5.74) is 6.65. The van der Waals surface area contributed by atoms with Crippen LogP contribution in [-0.4, -0.2) is 52.5 Å². The van der Waals surface area contributed by atoms with Gasteiger partial charge in [0, 0.05) is 36.3 Å². The van der Waals surface area contributed by atoms with E-state index in [0.717, 1.165) is 51.1 Å². The third-order valence-corrected chi connectivity index (χ3v) is 6.85. The fourth-order valence-corrected chi connectivity index (χ4v) is 5.13. The lowest BCUT2D eigenvalue weighted by Crippen LogP contribution is -2.30. The molecule has 0 amide bonds. The predicted octanol–water partition coefficient (Wildman–Crippen LogP) is 5.17. The van der Waals surface area contributed by atoms with Gasteiger partial charge < -0.3 is 24.0 Å². The van der Waals surface area contributed by atoms with Crippen LogP contribution < -0.4 is 9.64 Å². The molecule has 0 saturated heterocycles. The number of carboxylic acids is 1. The maximum atomic E-state index is 12.0. The summed E-state index contributed by atoms with van der Waals surface area (Å²) in [5.74, 6) is 0.231. The van der Waals surface area contributed by atoms with Gasteiger partial charge in [0.05, 0.1) is 36.6 Å². The normalized spacial score (nSPS) is 12.8. The average Bonchev–Trinajstić information content (AvgIpc) is 3.20. The zero-order chi connectivity index (χ0) is 25.4. The Morgan fingerprint density at radius 1 is 1.11 bits per heavy atom. The maximum absolute atomic E-state index is 12.0. The van der Waals surface area contributed by atoms with Crippen LogP contribution in [0.4, 0.5) is 11.6 Å². The molecule has 9 heteroatoms. The number of hydrogen-bond donors (Lipinski definition) is 1. The van der Waals surface area contributed by atoms with E-state index in [2.05, 4.69) is 32.4 Å². The highest BCUT2D eigenvalue weighted by atomic mass is 35.5. The zero-order valence-electron chi connectivity index (χ0n) is 20.4. The Hall–Kier alpha value is -3.62. The van der Waals surface area contributed by atoms with Gasteiger partial charge in [0.2, 0.25) is 5.95 Å². The molecule has 36 heavy (non-hydrogen) atoms. The molecule has 0 spiro atoms. The van der Waals surface area contributed by atoms with Gasteiger partial charge >= 0.3 is 5.97 Å². The van der Waals surface area contributed by atoms with Crippen molar-refractivity contribution in [2.45, 2.75) is 26.8 Å². The van der Waals surface area contributed by atoms with Crippen molar-refractivity contribution in [2.24, 2.45) is 0 Å². The minimum atomic E-state index is -0.882. The van der Waals surface area contributed by atoms with Crippen LogP contribution in [0.2, 0.25) is 5.02 Å². The number of halogens is 1. The van der Waals surface area contributed by atoms with Crippen molar-refractivity contribution in [3.05, 3.63) is 64.6 Å². The molecule has 0 bridgehead atoms. The molecule has 0 aliphatic carbocycles. The van der Waals surface area contributed by atoms with Crippen molar-refractivity contribution >= 4 is 40.1 Å². The number of carboxylic acid groups (broad SMARTS) is 1. The Balaban J connectivity index is 1.69. The van der Waals surface area contributed by atoms with Crippen LogP contribution in [0.5, 0.6) is 5.75 Å². The van der Waals surface area contributed by atoms with E-state index in [4.69, 9.17) is 21.1 Å². The minimum absolute atomic E-state index is 0.0993. The Bertz CT molecular complexity index is 1430. The highest BCUT2D eigenvalue weighted by Crippen LogP contribution is 2.46. The molecule has 0 radical (unpaired) electrons. The zero-order valence-corrected chi connectivity index (χ0v) is 21.2. The molecule has 1 aliphatic heterocycles. The lowest BCUT2D eigenvalue weighted by molar-refractivity contribution is -0.136. The smallest absolute Gasteiger partial charge is 0.307 e. The summed E-state index contributed by atoms with van der Waals surface area (Å²) < 4.78 is 12.9. The Kier molecular flexibility index (Phi) is 6.55. The van der Waals surface area contributed by atoms with Crippen LogP contribution in [0.15, 0.2) is 42.7 Å². The van der Waals surface area contributed by atoms with Gasteiger partial charge in [0.15, 0.2) is 5.75 Å². The number of ether oxygens (including phenoxy) is 2. The number of benzene rings is 2. The first kappa shape index (κ1) is 24.1. The van der Waals surface area contributed by atoms with Crippen LogP contribution in [0.3, 0.4) is 0 Å².